The molecule has 126 valence electrons. The second-order valence-electron chi connectivity index (χ2n) is 5.46. The van der Waals surface area contributed by atoms with Crippen molar-refractivity contribution in [1.82, 2.24) is 9.97 Å². The minimum atomic E-state index is 0.363. The van der Waals surface area contributed by atoms with E-state index in [1.807, 2.05) is 42.5 Å². The van der Waals surface area contributed by atoms with Crippen LogP contribution in [0.3, 0.4) is 0 Å². The quantitative estimate of drug-likeness (QED) is 0.630. The van der Waals surface area contributed by atoms with Gasteiger partial charge in [0.2, 0.25) is 0 Å². The first-order valence-corrected chi connectivity index (χ1v) is 8.12. The van der Waals surface area contributed by atoms with Gasteiger partial charge in [-0.05, 0) is 30.3 Å². The van der Waals surface area contributed by atoms with Gasteiger partial charge in [0.25, 0.3) is 0 Å². The van der Waals surface area contributed by atoms with Crippen LogP contribution in [0.2, 0.25) is 0 Å². The molecule has 0 unspecified atom stereocenters. The highest BCUT2D eigenvalue weighted by Crippen LogP contribution is 2.25. The Kier molecular flexibility index (Phi) is 4.56. The lowest BCUT2D eigenvalue weighted by molar-refractivity contribution is 0.381. The first-order valence-electron chi connectivity index (χ1n) is 8.12. The van der Waals surface area contributed by atoms with Gasteiger partial charge in [0.15, 0.2) is 5.82 Å². The average molecular weight is 341 g/mol. The van der Waals surface area contributed by atoms with Crippen LogP contribution in [-0.4, -0.2) is 29.0 Å². The second kappa shape index (κ2) is 7.48. The van der Waals surface area contributed by atoms with Crippen molar-refractivity contribution in [3.05, 3.63) is 71.6 Å². The third kappa shape index (κ3) is 3.54. The van der Waals surface area contributed by atoms with Crippen LogP contribution in [0.1, 0.15) is 0 Å². The average Bonchev–Trinajstić information content (AvgIpc) is 2.67. The molecular formula is C20H15N5O. The predicted molar refractivity (Wildman–Crippen MR) is 103 cm³/mol. The Hall–Kier alpha value is -3.67. The van der Waals surface area contributed by atoms with Crippen LogP contribution in [0.25, 0.3) is 17.1 Å². The molecule has 0 fully saturated rings. The fourth-order valence-electron chi connectivity index (χ4n) is 2.51. The maximum atomic E-state index is 5.72. The number of fused-ring (bicyclic) bond motifs is 2. The minimum Gasteiger partial charge on any atom is -0.488 e. The van der Waals surface area contributed by atoms with Crippen molar-refractivity contribution in [3.8, 4) is 5.75 Å². The van der Waals surface area contributed by atoms with Crippen LogP contribution >= 0.6 is 0 Å². The van der Waals surface area contributed by atoms with Gasteiger partial charge in [0, 0.05) is 35.4 Å². The number of ether oxygens (including phenoxy) is 1. The van der Waals surface area contributed by atoms with Crippen molar-refractivity contribution in [2.45, 2.75) is 0 Å². The highest BCUT2D eigenvalue weighted by molar-refractivity contribution is 5.88. The summed E-state index contributed by atoms with van der Waals surface area (Å²) < 4.78 is 5.72. The van der Waals surface area contributed by atoms with Crippen molar-refractivity contribution in [3.63, 3.8) is 0 Å². The molecule has 0 spiro atoms. The van der Waals surface area contributed by atoms with E-state index in [-0.39, 0.29) is 0 Å². The summed E-state index contributed by atoms with van der Waals surface area (Å²) in [5.41, 5.74) is 0.809. The lowest BCUT2D eigenvalue weighted by atomic mass is 10.2. The molecule has 6 nitrogen and oxygen atoms in total. The molecule has 0 atom stereocenters. The first-order chi connectivity index (χ1) is 12.9. The molecule has 1 aliphatic heterocycles. The largest absolute Gasteiger partial charge is 0.488 e. The van der Waals surface area contributed by atoms with Crippen LogP contribution < -0.4 is 15.3 Å². The van der Waals surface area contributed by atoms with Gasteiger partial charge >= 0.3 is 0 Å². The highest BCUT2D eigenvalue weighted by Gasteiger charge is 2.05. The molecule has 0 radical (unpaired) electrons. The molecule has 1 aliphatic rings. The lowest BCUT2D eigenvalue weighted by Crippen LogP contribution is -2.23. The Bertz CT molecular complexity index is 1150. The van der Waals surface area contributed by atoms with Crippen molar-refractivity contribution in [2.75, 3.05) is 6.61 Å². The number of aromatic nitrogens is 2. The molecule has 1 aromatic heterocycles. The van der Waals surface area contributed by atoms with Crippen LogP contribution in [0.15, 0.2) is 76.0 Å². The maximum Gasteiger partial charge on any atom is 0.163 e. The fourth-order valence-corrected chi connectivity index (χ4v) is 2.51. The van der Waals surface area contributed by atoms with Gasteiger partial charge in [-0.2, -0.15) is 0 Å². The molecule has 0 N–H and O–H groups in total. The Morgan fingerprint density at radius 3 is 2.92 bits per heavy atom. The maximum absolute atomic E-state index is 5.72. The molecular weight excluding hydrogens is 326 g/mol. The standard InChI is InChI=1S/C20H15N5O/c1-2-5-18-15(4-1)13-22-9-3-8-21-10-11-26-16-6-7-19-17(12-16)20(25-18)24-14-23-19/h1-10,12-14H,11H2/b8-3+,15-13-,21-10-,22-9+,25-18+. The van der Waals surface area contributed by atoms with Gasteiger partial charge in [0.05, 0.1) is 10.9 Å². The van der Waals surface area contributed by atoms with Gasteiger partial charge in [0.1, 0.15) is 18.7 Å². The molecule has 26 heavy (non-hydrogen) atoms. The summed E-state index contributed by atoms with van der Waals surface area (Å²) in [5, 5.41) is 2.50. The predicted octanol–water partition coefficient (Wildman–Crippen LogP) is 2.37. The zero-order valence-electron chi connectivity index (χ0n) is 13.9. The highest BCUT2D eigenvalue weighted by atomic mass is 16.5. The number of benzene rings is 2. The first kappa shape index (κ1) is 15.8. The van der Waals surface area contributed by atoms with E-state index in [0.29, 0.717) is 18.2 Å². The van der Waals surface area contributed by atoms with Gasteiger partial charge in [-0.1, -0.05) is 18.2 Å². The van der Waals surface area contributed by atoms with E-state index in [1.165, 1.54) is 6.33 Å². The van der Waals surface area contributed by atoms with E-state index < -0.39 is 0 Å². The normalized spacial score (nSPS) is 20.0. The van der Waals surface area contributed by atoms with Gasteiger partial charge in [-0.25, -0.2) is 15.0 Å². The third-order valence-electron chi connectivity index (χ3n) is 3.74. The minimum absolute atomic E-state index is 0.363. The van der Waals surface area contributed by atoms with Crippen LogP contribution in [-0.2, 0) is 0 Å². The summed E-state index contributed by atoms with van der Waals surface area (Å²) in [6.07, 6.45) is 10.1. The number of aliphatic imine (C=N–C) groups is 2. The Balaban J connectivity index is 1.97. The second-order valence-corrected chi connectivity index (χ2v) is 5.46. The Labute approximate surface area is 149 Å². The summed E-state index contributed by atoms with van der Waals surface area (Å²) in [7, 11) is 0. The molecule has 0 amide bonds. The number of rotatable bonds is 0. The van der Waals surface area contributed by atoms with Gasteiger partial charge in [-0.15, -0.1) is 0 Å². The van der Waals surface area contributed by atoms with Gasteiger partial charge < -0.3 is 4.74 Å². The zero-order valence-corrected chi connectivity index (χ0v) is 13.9. The van der Waals surface area contributed by atoms with E-state index >= 15 is 0 Å². The molecule has 0 saturated carbocycles. The van der Waals surface area contributed by atoms with E-state index in [1.54, 1.807) is 30.9 Å². The molecule has 0 saturated heterocycles. The van der Waals surface area contributed by atoms with E-state index in [9.17, 15) is 0 Å². The molecule has 2 aromatic carbocycles. The Morgan fingerprint density at radius 2 is 1.92 bits per heavy atom. The van der Waals surface area contributed by atoms with E-state index in [2.05, 4.69) is 20.0 Å². The van der Waals surface area contributed by atoms with Crippen molar-refractivity contribution < 1.29 is 4.74 Å². The summed E-state index contributed by atoms with van der Waals surface area (Å²) in [4.78, 5) is 21.8. The Morgan fingerprint density at radius 1 is 0.962 bits per heavy atom. The smallest absolute Gasteiger partial charge is 0.163 e. The SMILES string of the molecule is C1=N/C=C/C=N/C=c2/cccc/c2=N\c2ncnc3ccc(cc23)OC\1. The summed E-state index contributed by atoms with van der Waals surface area (Å²) in [6, 6.07) is 13.4. The monoisotopic (exact) mass is 341 g/mol. The molecule has 0 aliphatic carbocycles. The number of nitrogens with zero attached hydrogens (tertiary/aromatic N) is 5. The van der Waals surface area contributed by atoms with Crippen molar-refractivity contribution >= 4 is 35.3 Å². The summed E-state index contributed by atoms with van der Waals surface area (Å²) in [6.45, 7) is 0.363. The van der Waals surface area contributed by atoms with Crippen molar-refractivity contribution in [1.29, 1.82) is 0 Å². The van der Waals surface area contributed by atoms with Crippen LogP contribution in [0.4, 0.5) is 5.82 Å². The number of hydrogen-bond acceptors (Lipinski definition) is 6. The van der Waals surface area contributed by atoms with Crippen molar-refractivity contribution in [2.24, 2.45) is 15.0 Å². The molecule has 2 heterocycles. The summed E-state index contributed by atoms with van der Waals surface area (Å²) in [5.74, 6) is 1.30. The van der Waals surface area contributed by atoms with Gasteiger partial charge in [-0.3, -0.25) is 9.98 Å². The topological polar surface area (TPSA) is 72.1 Å². The molecule has 2 bridgehead atoms. The summed E-state index contributed by atoms with van der Waals surface area (Å²) >= 11 is 0. The molecule has 6 heteroatoms. The zero-order chi connectivity index (χ0) is 17.6. The fraction of sp³-hybridized carbons (Fsp3) is 0.0500. The number of allylic oxidation sites excluding steroid dienone is 1. The van der Waals surface area contributed by atoms with Crippen LogP contribution in [0.5, 0.6) is 5.75 Å². The third-order valence-corrected chi connectivity index (χ3v) is 3.74. The lowest BCUT2D eigenvalue weighted by Gasteiger charge is -2.05. The number of para-hydroxylation sites is 1. The van der Waals surface area contributed by atoms with Crippen LogP contribution in [0, 0.1) is 0 Å². The van der Waals surface area contributed by atoms with E-state index in [0.717, 1.165) is 21.5 Å². The number of hydrogen-bond donors (Lipinski definition) is 0. The molecule has 3 aromatic rings. The van der Waals surface area contributed by atoms with E-state index in [4.69, 9.17) is 9.73 Å². The molecule has 4 rings (SSSR count).